The molecule has 0 aliphatic carbocycles. The third-order valence-corrected chi connectivity index (χ3v) is 3.69. The number of hydrogen-bond acceptors (Lipinski definition) is 3. The van der Waals surface area contributed by atoms with E-state index in [1.165, 1.54) is 12.1 Å². The third kappa shape index (κ3) is 7.04. The maximum Gasteiger partial charge on any atom is 0.573 e. The second kappa shape index (κ2) is 9.12. The molecule has 0 aliphatic rings. The Labute approximate surface area is 149 Å². The first-order chi connectivity index (χ1) is 12.4. The molecule has 0 bridgehead atoms. The normalized spacial score (nSPS) is 11.1. The standard InChI is InChI=1S/C19H20F3NO3/c1-25-16-7-2-14(3-8-16)6-11-18(24)23-13-12-15-4-9-17(10-5-15)26-19(20,21)22/h2-5,7-10H,6,11-13H2,1H3,(H,23,24). The molecule has 0 unspecified atom stereocenters. The molecule has 7 heteroatoms. The smallest absolute Gasteiger partial charge is 0.497 e. The number of carbonyl (C=O) groups excluding carboxylic acids is 1. The Balaban J connectivity index is 1.69. The molecule has 0 fully saturated rings. The molecule has 0 atom stereocenters. The van der Waals surface area contributed by atoms with Crippen molar-refractivity contribution in [1.29, 1.82) is 0 Å². The molecule has 2 aromatic carbocycles. The van der Waals surface area contributed by atoms with Crippen LogP contribution in [0.2, 0.25) is 0 Å². The van der Waals surface area contributed by atoms with Crippen molar-refractivity contribution >= 4 is 5.91 Å². The topological polar surface area (TPSA) is 47.6 Å². The van der Waals surface area contributed by atoms with E-state index in [1.807, 2.05) is 24.3 Å². The SMILES string of the molecule is COc1ccc(CCC(=O)NCCc2ccc(OC(F)(F)F)cc2)cc1. The van der Waals surface area contributed by atoms with Gasteiger partial charge in [0.25, 0.3) is 0 Å². The summed E-state index contributed by atoms with van der Waals surface area (Å²) in [5.41, 5.74) is 1.86. The molecule has 0 saturated heterocycles. The second-order valence-corrected chi connectivity index (χ2v) is 5.64. The molecule has 26 heavy (non-hydrogen) atoms. The predicted molar refractivity (Wildman–Crippen MR) is 91.2 cm³/mol. The molecule has 0 saturated carbocycles. The van der Waals surface area contributed by atoms with Gasteiger partial charge in [0, 0.05) is 13.0 Å². The van der Waals surface area contributed by atoms with E-state index in [4.69, 9.17) is 4.74 Å². The first-order valence-electron chi connectivity index (χ1n) is 8.10. The molecule has 2 aromatic rings. The molecule has 0 spiro atoms. The average Bonchev–Trinajstić information content (AvgIpc) is 2.60. The summed E-state index contributed by atoms with van der Waals surface area (Å²) in [6.45, 7) is 0.418. The Morgan fingerprint density at radius 3 is 2.00 bits per heavy atom. The molecule has 140 valence electrons. The molecule has 0 radical (unpaired) electrons. The van der Waals surface area contributed by atoms with Crippen LogP contribution in [0, 0.1) is 0 Å². The van der Waals surface area contributed by atoms with Crippen LogP contribution in [0.4, 0.5) is 13.2 Å². The van der Waals surface area contributed by atoms with Gasteiger partial charge < -0.3 is 14.8 Å². The highest BCUT2D eigenvalue weighted by Crippen LogP contribution is 2.22. The minimum atomic E-state index is -4.70. The third-order valence-electron chi connectivity index (χ3n) is 3.69. The zero-order chi connectivity index (χ0) is 19.0. The maximum atomic E-state index is 12.1. The summed E-state index contributed by atoms with van der Waals surface area (Å²) in [5.74, 6) is 0.437. The van der Waals surface area contributed by atoms with Crippen molar-refractivity contribution in [2.45, 2.75) is 25.6 Å². The van der Waals surface area contributed by atoms with E-state index in [1.54, 1.807) is 19.2 Å². The highest BCUT2D eigenvalue weighted by Gasteiger charge is 2.30. The Kier molecular flexibility index (Phi) is 6.89. The summed E-state index contributed by atoms with van der Waals surface area (Å²) in [6, 6.07) is 13.1. The quantitative estimate of drug-likeness (QED) is 0.770. The first-order valence-corrected chi connectivity index (χ1v) is 8.10. The lowest BCUT2D eigenvalue weighted by atomic mass is 10.1. The van der Waals surface area contributed by atoms with Crippen molar-refractivity contribution in [2.24, 2.45) is 0 Å². The zero-order valence-electron chi connectivity index (χ0n) is 14.3. The number of ether oxygens (including phenoxy) is 2. The molecule has 2 rings (SSSR count). The molecule has 1 amide bonds. The number of halogens is 3. The van der Waals surface area contributed by atoms with Crippen molar-refractivity contribution in [3.63, 3.8) is 0 Å². The Morgan fingerprint density at radius 2 is 1.46 bits per heavy atom. The number of methoxy groups -OCH3 is 1. The lowest BCUT2D eigenvalue weighted by molar-refractivity contribution is -0.274. The van der Waals surface area contributed by atoms with Crippen LogP contribution in [-0.2, 0) is 17.6 Å². The van der Waals surface area contributed by atoms with Gasteiger partial charge in [-0.05, 0) is 48.2 Å². The number of carbonyl (C=O) groups is 1. The number of alkyl halides is 3. The Morgan fingerprint density at radius 1 is 0.923 bits per heavy atom. The van der Waals surface area contributed by atoms with Gasteiger partial charge in [-0.2, -0.15) is 0 Å². The number of benzene rings is 2. The van der Waals surface area contributed by atoms with E-state index in [9.17, 15) is 18.0 Å². The monoisotopic (exact) mass is 367 g/mol. The van der Waals surface area contributed by atoms with Crippen LogP contribution in [0.15, 0.2) is 48.5 Å². The van der Waals surface area contributed by atoms with Gasteiger partial charge in [-0.3, -0.25) is 4.79 Å². The van der Waals surface area contributed by atoms with Crippen molar-refractivity contribution < 1.29 is 27.4 Å². The lowest BCUT2D eigenvalue weighted by Crippen LogP contribution is -2.25. The number of aryl methyl sites for hydroxylation is 1. The lowest BCUT2D eigenvalue weighted by Gasteiger charge is -2.09. The average molecular weight is 367 g/mol. The minimum Gasteiger partial charge on any atom is -0.497 e. The van der Waals surface area contributed by atoms with Crippen LogP contribution in [-0.4, -0.2) is 25.9 Å². The van der Waals surface area contributed by atoms with Crippen molar-refractivity contribution in [2.75, 3.05) is 13.7 Å². The van der Waals surface area contributed by atoms with Crippen LogP contribution >= 0.6 is 0 Å². The fourth-order valence-electron chi connectivity index (χ4n) is 2.34. The van der Waals surface area contributed by atoms with E-state index in [2.05, 4.69) is 10.1 Å². The number of rotatable bonds is 8. The summed E-state index contributed by atoms with van der Waals surface area (Å²) in [4.78, 5) is 11.9. The number of nitrogens with one attached hydrogen (secondary N) is 1. The highest BCUT2D eigenvalue weighted by molar-refractivity contribution is 5.76. The van der Waals surface area contributed by atoms with E-state index in [0.717, 1.165) is 16.9 Å². The summed E-state index contributed by atoms with van der Waals surface area (Å²) < 4.78 is 45.2. The summed E-state index contributed by atoms with van der Waals surface area (Å²) in [5, 5.41) is 2.80. The van der Waals surface area contributed by atoms with Crippen LogP contribution < -0.4 is 14.8 Å². The van der Waals surface area contributed by atoms with Crippen LogP contribution in [0.1, 0.15) is 17.5 Å². The van der Waals surface area contributed by atoms with Crippen LogP contribution in [0.3, 0.4) is 0 Å². The molecule has 0 aromatic heterocycles. The fraction of sp³-hybridized carbons (Fsp3) is 0.316. The summed E-state index contributed by atoms with van der Waals surface area (Å²) >= 11 is 0. The number of amides is 1. The Bertz CT molecular complexity index is 697. The molecule has 1 N–H and O–H groups in total. The molecule has 4 nitrogen and oxygen atoms in total. The van der Waals surface area contributed by atoms with Gasteiger partial charge in [0.1, 0.15) is 11.5 Å². The summed E-state index contributed by atoms with van der Waals surface area (Å²) in [7, 11) is 1.60. The van der Waals surface area contributed by atoms with Crippen molar-refractivity contribution in [1.82, 2.24) is 5.32 Å². The number of hydrogen-bond donors (Lipinski definition) is 1. The van der Waals surface area contributed by atoms with E-state index in [-0.39, 0.29) is 11.7 Å². The Hall–Kier alpha value is -2.70. The maximum absolute atomic E-state index is 12.1. The first kappa shape index (κ1) is 19.6. The zero-order valence-corrected chi connectivity index (χ0v) is 14.3. The molecule has 0 aliphatic heterocycles. The fourth-order valence-corrected chi connectivity index (χ4v) is 2.34. The van der Waals surface area contributed by atoms with Gasteiger partial charge in [0.2, 0.25) is 5.91 Å². The van der Waals surface area contributed by atoms with Crippen LogP contribution in [0.5, 0.6) is 11.5 Å². The van der Waals surface area contributed by atoms with Crippen LogP contribution in [0.25, 0.3) is 0 Å². The molecule has 0 heterocycles. The van der Waals surface area contributed by atoms with Crippen molar-refractivity contribution in [3.8, 4) is 11.5 Å². The molecular formula is C19H20F3NO3. The van der Waals surface area contributed by atoms with Gasteiger partial charge in [0.05, 0.1) is 7.11 Å². The van der Waals surface area contributed by atoms with Crippen molar-refractivity contribution in [3.05, 3.63) is 59.7 Å². The highest BCUT2D eigenvalue weighted by atomic mass is 19.4. The van der Waals surface area contributed by atoms with Gasteiger partial charge in [-0.15, -0.1) is 13.2 Å². The predicted octanol–water partition coefficient (Wildman–Crippen LogP) is 3.89. The molecular weight excluding hydrogens is 347 g/mol. The van der Waals surface area contributed by atoms with Gasteiger partial charge >= 0.3 is 6.36 Å². The largest absolute Gasteiger partial charge is 0.573 e. The van der Waals surface area contributed by atoms with Gasteiger partial charge in [-0.25, -0.2) is 0 Å². The van der Waals surface area contributed by atoms with Gasteiger partial charge in [0.15, 0.2) is 0 Å². The second-order valence-electron chi connectivity index (χ2n) is 5.64. The summed E-state index contributed by atoms with van der Waals surface area (Å²) in [6.07, 6.45) is -3.18. The minimum absolute atomic E-state index is 0.0714. The van der Waals surface area contributed by atoms with E-state index < -0.39 is 6.36 Å². The van der Waals surface area contributed by atoms with E-state index in [0.29, 0.717) is 25.8 Å². The van der Waals surface area contributed by atoms with Gasteiger partial charge in [-0.1, -0.05) is 24.3 Å². The van der Waals surface area contributed by atoms with E-state index >= 15 is 0 Å².